The van der Waals surface area contributed by atoms with Crippen LogP contribution in [0.4, 0.5) is 14.6 Å². The summed E-state index contributed by atoms with van der Waals surface area (Å²) in [5.74, 6) is -3.76. The lowest BCUT2D eigenvalue weighted by molar-refractivity contribution is -0.114. The van der Waals surface area contributed by atoms with Crippen molar-refractivity contribution >= 4 is 22.6 Å². The van der Waals surface area contributed by atoms with E-state index in [2.05, 4.69) is 25.0 Å². The maximum absolute atomic E-state index is 14.3. The minimum Gasteiger partial charge on any atom is -0.378 e. The van der Waals surface area contributed by atoms with Gasteiger partial charge in [-0.2, -0.15) is 8.78 Å². The van der Waals surface area contributed by atoms with E-state index in [1.54, 1.807) is 25.3 Å². The molecule has 7 nitrogen and oxygen atoms in total. The predicted octanol–water partition coefficient (Wildman–Crippen LogP) is 3.52. The Bertz CT molecular complexity index is 1030. The molecular formula is C19H21F2N5O2. The van der Waals surface area contributed by atoms with E-state index in [1.807, 2.05) is 17.7 Å². The first-order valence-electron chi connectivity index (χ1n) is 8.75. The molecule has 3 aromatic heterocycles. The maximum atomic E-state index is 14.3. The molecule has 0 fully saturated rings. The standard InChI is InChI=1S/C19H21F2N5O2/c1-5-26-9-14(13-7-17(24-12(3)27)22-8-16(13)26)15-6-11(2)23-18(25-15)19(20,21)10-28-4/h6-9H,5,10H2,1-4H3,(H,22,24,27). The van der Waals surface area contributed by atoms with Gasteiger partial charge in [0.25, 0.3) is 0 Å². The lowest BCUT2D eigenvalue weighted by Gasteiger charge is -2.15. The molecule has 1 amide bonds. The number of carbonyl (C=O) groups is 1. The summed E-state index contributed by atoms with van der Waals surface area (Å²) in [5, 5.41) is 3.39. The van der Waals surface area contributed by atoms with Crippen LogP contribution in [-0.2, 0) is 22.0 Å². The van der Waals surface area contributed by atoms with Crippen LogP contribution in [0.3, 0.4) is 0 Å². The van der Waals surface area contributed by atoms with Crippen LogP contribution in [0.5, 0.6) is 0 Å². The van der Waals surface area contributed by atoms with Crippen LogP contribution in [0.15, 0.2) is 24.5 Å². The molecule has 9 heteroatoms. The Kier molecular flexibility index (Phi) is 5.37. The van der Waals surface area contributed by atoms with Crippen molar-refractivity contribution in [2.75, 3.05) is 19.0 Å². The molecule has 0 atom stereocenters. The lowest BCUT2D eigenvalue weighted by Crippen LogP contribution is -2.24. The summed E-state index contributed by atoms with van der Waals surface area (Å²) in [6.07, 6.45) is 3.48. The molecule has 0 unspecified atom stereocenters. The summed E-state index contributed by atoms with van der Waals surface area (Å²) in [5.41, 5.74) is 2.26. The number of fused-ring (bicyclic) bond motifs is 1. The molecule has 0 aromatic carbocycles. The first-order chi connectivity index (χ1) is 13.2. The molecule has 0 saturated heterocycles. The molecule has 28 heavy (non-hydrogen) atoms. The fourth-order valence-electron chi connectivity index (χ4n) is 3.02. The van der Waals surface area contributed by atoms with E-state index in [4.69, 9.17) is 0 Å². The largest absolute Gasteiger partial charge is 0.378 e. The number of carbonyl (C=O) groups excluding carboxylic acids is 1. The third-order valence-electron chi connectivity index (χ3n) is 4.20. The minimum atomic E-state index is -3.30. The first kappa shape index (κ1) is 19.8. The second-order valence-electron chi connectivity index (χ2n) is 6.45. The van der Waals surface area contributed by atoms with Crippen LogP contribution in [0.1, 0.15) is 25.4 Å². The Labute approximate surface area is 160 Å². The summed E-state index contributed by atoms with van der Waals surface area (Å²) in [6.45, 7) is 4.86. The molecule has 0 saturated carbocycles. The summed E-state index contributed by atoms with van der Waals surface area (Å²) in [4.78, 5) is 23.6. The monoisotopic (exact) mass is 389 g/mol. The van der Waals surface area contributed by atoms with Crippen molar-refractivity contribution in [1.82, 2.24) is 19.5 Å². The number of anilines is 1. The van der Waals surface area contributed by atoms with Gasteiger partial charge in [-0.1, -0.05) is 0 Å². The van der Waals surface area contributed by atoms with Crippen LogP contribution in [-0.4, -0.2) is 39.1 Å². The molecule has 0 aliphatic rings. The number of rotatable bonds is 6. The van der Waals surface area contributed by atoms with Gasteiger partial charge in [-0.3, -0.25) is 4.79 Å². The van der Waals surface area contributed by atoms with E-state index in [9.17, 15) is 13.6 Å². The maximum Gasteiger partial charge on any atom is 0.329 e. The van der Waals surface area contributed by atoms with E-state index in [0.29, 0.717) is 29.3 Å². The highest BCUT2D eigenvalue weighted by molar-refractivity contribution is 5.98. The van der Waals surface area contributed by atoms with Crippen molar-refractivity contribution < 1.29 is 18.3 Å². The average Bonchev–Trinajstić information content (AvgIpc) is 2.98. The summed E-state index contributed by atoms with van der Waals surface area (Å²) in [6, 6.07) is 3.36. The highest BCUT2D eigenvalue weighted by atomic mass is 19.3. The molecule has 0 aliphatic heterocycles. The Hall–Kier alpha value is -2.94. The molecule has 0 spiro atoms. The number of amides is 1. The number of halogens is 2. The number of hydrogen-bond donors (Lipinski definition) is 1. The van der Waals surface area contributed by atoms with E-state index < -0.39 is 18.4 Å². The van der Waals surface area contributed by atoms with Crippen molar-refractivity contribution in [1.29, 1.82) is 0 Å². The van der Waals surface area contributed by atoms with Crippen LogP contribution in [0, 0.1) is 6.92 Å². The van der Waals surface area contributed by atoms with Crippen molar-refractivity contribution in [3.63, 3.8) is 0 Å². The minimum absolute atomic E-state index is 0.248. The number of alkyl halides is 2. The topological polar surface area (TPSA) is 81.9 Å². The molecule has 3 heterocycles. The van der Waals surface area contributed by atoms with Gasteiger partial charge in [0.15, 0.2) is 0 Å². The van der Waals surface area contributed by atoms with Gasteiger partial charge in [-0.15, -0.1) is 0 Å². The normalized spacial score (nSPS) is 11.8. The number of pyridine rings is 1. The van der Waals surface area contributed by atoms with Crippen LogP contribution < -0.4 is 5.32 Å². The Morgan fingerprint density at radius 2 is 2.07 bits per heavy atom. The van der Waals surface area contributed by atoms with Crippen LogP contribution >= 0.6 is 0 Å². The van der Waals surface area contributed by atoms with Gasteiger partial charge in [0.2, 0.25) is 11.7 Å². The number of aromatic nitrogens is 4. The highest BCUT2D eigenvalue weighted by Crippen LogP contribution is 2.33. The number of nitrogens with zero attached hydrogens (tertiary/aromatic N) is 4. The summed E-state index contributed by atoms with van der Waals surface area (Å²) < 4.78 is 35.2. The zero-order valence-corrected chi connectivity index (χ0v) is 16.1. The lowest BCUT2D eigenvalue weighted by atomic mass is 10.1. The first-order valence-corrected chi connectivity index (χ1v) is 8.75. The van der Waals surface area contributed by atoms with E-state index >= 15 is 0 Å². The number of aryl methyl sites for hydroxylation is 2. The molecule has 148 valence electrons. The Balaban J connectivity index is 2.20. The van der Waals surface area contributed by atoms with E-state index in [1.165, 1.54) is 14.0 Å². The third-order valence-corrected chi connectivity index (χ3v) is 4.20. The molecule has 0 bridgehead atoms. The van der Waals surface area contributed by atoms with Gasteiger partial charge in [0.1, 0.15) is 12.4 Å². The smallest absolute Gasteiger partial charge is 0.329 e. The third kappa shape index (κ3) is 3.84. The molecule has 3 rings (SSSR count). The second kappa shape index (κ2) is 7.59. The van der Waals surface area contributed by atoms with Gasteiger partial charge in [-0.25, -0.2) is 15.0 Å². The summed E-state index contributed by atoms with van der Waals surface area (Å²) in [7, 11) is 1.20. The van der Waals surface area contributed by atoms with Crippen molar-refractivity contribution in [2.24, 2.45) is 0 Å². The second-order valence-corrected chi connectivity index (χ2v) is 6.45. The van der Waals surface area contributed by atoms with Crippen molar-refractivity contribution in [2.45, 2.75) is 33.2 Å². The average molecular weight is 389 g/mol. The van der Waals surface area contributed by atoms with Gasteiger partial charge in [0, 0.05) is 43.4 Å². The van der Waals surface area contributed by atoms with Gasteiger partial charge in [0.05, 0.1) is 17.4 Å². The molecule has 0 aliphatic carbocycles. The SMILES string of the molecule is CCn1cc(-c2cc(C)nc(C(F)(F)COC)n2)c2cc(NC(C)=O)ncc21. The number of methoxy groups -OCH3 is 1. The zero-order valence-electron chi connectivity index (χ0n) is 16.1. The predicted molar refractivity (Wildman–Crippen MR) is 101 cm³/mol. The van der Waals surface area contributed by atoms with Gasteiger partial charge >= 0.3 is 5.92 Å². The van der Waals surface area contributed by atoms with E-state index in [-0.39, 0.29) is 5.91 Å². The quantitative estimate of drug-likeness (QED) is 0.698. The molecule has 3 aromatic rings. The van der Waals surface area contributed by atoms with E-state index in [0.717, 1.165) is 10.9 Å². The fourth-order valence-corrected chi connectivity index (χ4v) is 3.02. The van der Waals surface area contributed by atoms with Gasteiger partial charge in [-0.05, 0) is 26.0 Å². The number of ether oxygens (including phenoxy) is 1. The van der Waals surface area contributed by atoms with Crippen molar-refractivity contribution in [3.8, 4) is 11.3 Å². The molecule has 0 radical (unpaired) electrons. The van der Waals surface area contributed by atoms with Crippen LogP contribution in [0.25, 0.3) is 22.2 Å². The van der Waals surface area contributed by atoms with Crippen molar-refractivity contribution in [3.05, 3.63) is 36.0 Å². The zero-order chi connectivity index (χ0) is 20.5. The fraction of sp³-hybridized carbons (Fsp3) is 0.368. The number of nitrogens with one attached hydrogen (secondary N) is 1. The highest BCUT2D eigenvalue weighted by Gasteiger charge is 2.36. The Morgan fingerprint density at radius 3 is 2.71 bits per heavy atom. The van der Waals surface area contributed by atoms with Crippen LogP contribution in [0.2, 0.25) is 0 Å². The van der Waals surface area contributed by atoms with Gasteiger partial charge < -0.3 is 14.6 Å². The molecule has 1 N–H and O–H groups in total. The Morgan fingerprint density at radius 1 is 1.32 bits per heavy atom. The summed E-state index contributed by atoms with van der Waals surface area (Å²) >= 11 is 0. The number of hydrogen-bond acceptors (Lipinski definition) is 5. The molecular weight excluding hydrogens is 368 g/mol.